The quantitative estimate of drug-likeness (QED) is 0.889. The smallest absolute Gasteiger partial charge is 0.253 e. The van der Waals surface area contributed by atoms with Gasteiger partial charge in [0.15, 0.2) is 0 Å². The molecule has 1 aromatic rings. The fourth-order valence-corrected chi connectivity index (χ4v) is 2.77. The largest absolute Gasteiger partial charge is 0.391 e. The van der Waals surface area contributed by atoms with Gasteiger partial charge in [-0.2, -0.15) is 0 Å². The molecule has 3 nitrogen and oxygen atoms in total. The number of amides is 1. The Hall–Kier alpha value is -1.35. The summed E-state index contributed by atoms with van der Waals surface area (Å²) in [6.45, 7) is 4.06. The van der Waals surface area contributed by atoms with Gasteiger partial charge in [0.1, 0.15) is 0 Å². The topological polar surface area (TPSA) is 40.5 Å². The van der Waals surface area contributed by atoms with E-state index in [1.807, 2.05) is 32.0 Å². The summed E-state index contributed by atoms with van der Waals surface area (Å²) in [7, 11) is 1.80. The first-order chi connectivity index (χ1) is 9.00. The summed E-state index contributed by atoms with van der Waals surface area (Å²) in [5, 5.41) is 10.0. The Bertz CT molecular complexity index is 470. The van der Waals surface area contributed by atoms with Crippen molar-refractivity contribution in [2.24, 2.45) is 0 Å². The third kappa shape index (κ3) is 2.98. The van der Waals surface area contributed by atoms with Crippen molar-refractivity contribution < 1.29 is 9.90 Å². The number of hydrogen-bond acceptors (Lipinski definition) is 2. The molecule has 1 aromatic carbocycles. The minimum Gasteiger partial charge on any atom is -0.391 e. The molecular formula is C16H23NO2. The van der Waals surface area contributed by atoms with E-state index in [-0.39, 0.29) is 18.1 Å². The standard InChI is InChI=1S/C16H23NO2/c1-11-8-9-13(10-12(11)2)16(19)17(3)14-6-4-5-7-15(14)18/h8-10,14-15,18H,4-7H2,1-3H3/t14-,15-/m1/s1. The zero-order valence-electron chi connectivity index (χ0n) is 12.0. The molecule has 1 aliphatic carbocycles. The van der Waals surface area contributed by atoms with E-state index in [9.17, 15) is 9.90 Å². The molecule has 0 spiro atoms. The first-order valence-electron chi connectivity index (χ1n) is 7.03. The molecule has 1 aliphatic rings. The lowest BCUT2D eigenvalue weighted by molar-refractivity contribution is 0.0268. The number of aliphatic hydroxyl groups excluding tert-OH is 1. The van der Waals surface area contributed by atoms with Crippen molar-refractivity contribution in [2.75, 3.05) is 7.05 Å². The maximum atomic E-state index is 12.5. The predicted molar refractivity (Wildman–Crippen MR) is 76.3 cm³/mol. The second-order valence-electron chi connectivity index (χ2n) is 5.63. The van der Waals surface area contributed by atoms with Gasteiger partial charge in [-0.1, -0.05) is 18.9 Å². The monoisotopic (exact) mass is 261 g/mol. The first-order valence-corrected chi connectivity index (χ1v) is 7.03. The molecule has 2 rings (SSSR count). The SMILES string of the molecule is Cc1ccc(C(=O)N(C)[C@@H]2CCCC[C@H]2O)cc1C. The Labute approximate surface area is 115 Å². The van der Waals surface area contributed by atoms with E-state index in [1.54, 1.807) is 11.9 Å². The van der Waals surface area contributed by atoms with Crippen molar-refractivity contribution >= 4 is 5.91 Å². The van der Waals surface area contributed by atoms with Crippen LogP contribution in [0, 0.1) is 13.8 Å². The maximum Gasteiger partial charge on any atom is 0.253 e. The summed E-state index contributed by atoms with van der Waals surface area (Å²) < 4.78 is 0. The van der Waals surface area contributed by atoms with Crippen molar-refractivity contribution in [1.29, 1.82) is 0 Å². The Morgan fingerprint density at radius 1 is 1.21 bits per heavy atom. The highest BCUT2D eigenvalue weighted by Crippen LogP contribution is 2.24. The predicted octanol–water partition coefficient (Wildman–Crippen LogP) is 2.68. The number of benzene rings is 1. The highest BCUT2D eigenvalue weighted by molar-refractivity contribution is 5.94. The van der Waals surface area contributed by atoms with Crippen LogP contribution in [-0.4, -0.2) is 35.1 Å². The van der Waals surface area contributed by atoms with Crippen LogP contribution in [0.5, 0.6) is 0 Å². The van der Waals surface area contributed by atoms with Gasteiger partial charge in [0, 0.05) is 12.6 Å². The molecule has 0 unspecified atom stereocenters. The molecular weight excluding hydrogens is 238 g/mol. The number of hydrogen-bond donors (Lipinski definition) is 1. The summed E-state index contributed by atoms with van der Waals surface area (Å²) in [5.74, 6) is 0.00838. The third-order valence-electron chi connectivity index (χ3n) is 4.27. The van der Waals surface area contributed by atoms with Crippen molar-refractivity contribution in [1.82, 2.24) is 4.90 Å². The molecule has 19 heavy (non-hydrogen) atoms. The van der Waals surface area contributed by atoms with Crippen molar-refractivity contribution in [3.8, 4) is 0 Å². The summed E-state index contributed by atoms with van der Waals surface area (Å²) in [6, 6.07) is 5.75. The molecule has 0 radical (unpaired) electrons. The number of nitrogens with zero attached hydrogens (tertiary/aromatic N) is 1. The normalized spacial score (nSPS) is 23.2. The molecule has 1 fully saturated rings. The fourth-order valence-electron chi connectivity index (χ4n) is 2.77. The summed E-state index contributed by atoms with van der Waals surface area (Å²) >= 11 is 0. The molecule has 0 heterocycles. The number of carbonyl (C=O) groups is 1. The van der Waals surface area contributed by atoms with E-state index < -0.39 is 0 Å². The molecule has 0 saturated heterocycles. The molecule has 0 aromatic heterocycles. The van der Waals surface area contributed by atoms with Gasteiger partial charge in [-0.3, -0.25) is 4.79 Å². The van der Waals surface area contributed by atoms with Gasteiger partial charge < -0.3 is 10.0 Å². The van der Waals surface area contributed by atoms with E-state index in [0.29, 0.717) is 5.56 Å². The first kappa shape index (κ1) is 14.1. The lowest BCUT2D eigenvalue weighted by atomic mass is 9.91. The Kier molecular flexibility index (Phi) is 4.25. The van der Waals surface area contributed by atoms with Crippen LogP contribution in [0.2, 0.25) is 0 Å². The van der Waals surface area contributed by atoms with Crippen LogP contribution < -0.4 is 0 Å². The molecule has 0 aliphatic heterocycles. The molecule has 1 N–H and O–H groups in total. The Morgan fingerprint density at radius 2 is 1.89 bits per heavy atom. The molecule has 104 valence electrons. The van der Waals surface area contributed by atoms with Crippen LogP contribution in [0.25, 0.3) is 0 Å². The number of aliphatic hydroxyl groups is 1. The number of likely N-dealkylation sites (N-methyl/N-ethyl adjacent to an activating group) is 1. The molecule has 1 amide bonds. The van der Waals surface area contributed by atoms with Gasteiger partial charge in [0.05, 0.1) is 12.1 Å². The van der Waals surface area contributed by atoms with Gasteiger partial charge in [-0.05, 0) is 49.9 Å². The van der Waals surface area contributed by atoms with E-state index in [0.717, 1.165) is 31.2 Å². The van der Waals surface area contributed by atoms with E-state index in [1.165, 1.54) is 5.56 Å². The highest BCUT2D eigenvalue weighted by Gasteiger charge is 2.29. The number of rotatable bonds is 2. The minimum absolute atomic E-state index is 0.00838. The number of carbonyl (C=O) groups excluding carboxylic acids is 1. The van der Waals surface area contributed by atoms with Crippen LogP contribution >= 0.6 is 0 Å². The van der Waals surface area contributed by atoms with Crippen molar-refractivity contribution in [3.63, 3.8) is 0 Å². The fraction of sp³-hybridized carbons (Fsp3) is 0.562. The third-order valence-corrected chi connectivity index (χ3v) is 4.27. The van der Waals surface area contributed by atoms with Gasteiger partial charge in [0.2, 0.25) is 0 Å². The molecule has 3 heteroatoms. The van der Waals surface area contributed by atoms with E-state index in [4.69, 9.17) is 0 Å². The van der Waals surface area contributed by atoms with E-state index in [2.05, 4.69) is 0 Å². The zero-order valence-corrected chi connectivity index (χ0v) is 12.0. The van der Waals surface area contributed by atoms with Gasteiger partial charge in [-0.15, -0.1) is 0 Å². The van der Waals surface area contributed by atoms with Crippen LogP contribution in [0.1, 0.15) is 47.2 Å². The van der Waals surface area contributed by atoms with Gasteiger partial charge in [0.25, 0.3) is 5.91 Å². The number of aryl methyl sites for hydroxylation is 2. The van der Waals surface area contributed by atoms with Crippen LogP contribution in [0.4, 0.5) is 0 Å². The minimum atomic E-state index is -0.380. The van der Waals surface area contributed by atoms with Crippen molar-refractivity contribution in [3.05, 3.63) is 34.9 Å². The summed E-state index contributed by atoms with van der Waals surface area (Å²) in [4.78, 5) is 14.2. The average molecular weight is 261 g/mol. The highest BCUT2D eigenvalue weighted by atomic mass is 16.3. The average Bonchev–Trinajstić information content (AvgIpc) is 2.41. The second-order valence-corrected chi connectivity index (χ2v) is 5.63. The lowest BCUT2D eigenvalue weighted by Gasteiger charge is -2.35. The van der Waals surface area contributed by atoms with Crippen LogP contribution in [0.15, 0.2) is 18.2 Å². The summed E-state index contributed by atoms with van der Waals surface area (Å²) in [5.41, 5.74) is 3.03. The lowest BCUT2D eigenvalue weighted by Crippen LogP contribution is -2.46. The Balaban J connectivity index is 2.15. The van der Waals surface area contributed by atoms with Crippen molar-refractivity contribution in [2.45, 2.75) is 51.7 Å². The van der Waals surface area contributed by atoms with Gasteiger partial charge in [-0.25, -0.2) is 0 Å². The van der Waals surface area contributed by atoms with Gasteiger partial charge >= 0.3 is 0 Å². The Morgan fingerprint density at radius 3 is 2.53 bits per heavy atom. The molecule has 1 saturated carbocycles. The van der Waals surface area contributed by atoms with Crippen LogP contribution in [0.3, 0.4) is 0 Å². The molecule has 0 bridgehead atoms. The van der Waals surface area contributed by atoms with Crippen LogP contribution in [-0.2, 0) is 0 Å². The zero-order chi connectivity index (χ0) is 14.0. The second kappa shape index (κ2) is 5.74. The molecule has 2 atom stereocenters. The van der Waals surface area contributed by atoms with E-state index >= 15 is 0 Å². The summed E-state index contributed by atoms with van der Waals surface area (Å²) in [6.07, 6.45) is 3.47. The maximum absolute atomic E-state index is 12.5.